The molecule has 0 saturated heterocycles. The number of hydrogen-bond donors (Lipinski definition) is 2. The second-order valence-corrected chi connectivity index (χ2v) is 3.55. The SMILES string of the molecule is CSC(=O)c1cc(N)cc(N)c1C. The van der Waals surface area contributed by atoms with Crippen molar-refractivity contribution in [2.24, 2.45) is 0 Å². The quantitative estimate of drug-likeness (QED) is 0.670. The molecule has 0 aliphatic rings. The Bertz CT molecular complexity index is 350. The van der Waals surface area contributed by atoms with Gasteiger partial charge in [0.15, 0.2) is 0 Å². The number of benzene rings is 1. The van der Waals surface area contributed by atoms with Gasteiger partial charge in [-0.2, -0.15) is 0 Å². The highest BCUT2D eigenvalue weighted by Crippen LogP contribution is 2.23. The Kier molecular flexibility index (Phi) is 2.83. The molecule has 13 heavy (non-hydrogen) atoms. The molecule has 0 fully saturated rings. The Morgan fingerprint density at radius 2 is 2.00 bits per heavy atom. The Morgan fingerprint density at radius 1 is 1.38 bits per heavy atom. The summed E-state index contributed by atoms with van der Waals surface area (Å²) in [4.78, 5) is 11.4. The third kappa shape index (κ3) is 1.95. The van der Waals surface area contributed by atoms with Crippen LogP contribution in [0.3, 0.4) is 0 Å². The standard InChI is InChI=1S/C9H12N2OS/c1-5-7(9(12)13-2)3-6(10)4-8(5)11/h3-4H,10-11H2,1-2H3. The average molecular weight is 196 g/mol. The van der Waals surface area contributed by atoms with Crippen molar-refractivity contribution in [3.63, 3.8) is 0 Å². The first-order chi connectivity index (χ1) is 6.06. The summed E-state index contributed by atoms with van der Waals surface area (Å²) in [5.74, 6) is 0. The highest BCUT2D eigenvalue weighted by atomic mass is 32.2. The van der Waals surface area contributed by atoms with Gasteiger partial charge in [-0.05, 0) is 30.9 Å². The van der Waals surface area contributed by atoms with Crippen molar-refractivity contribution < 1.29 is 4.79 Å². The van der Waals surface area contributed by atoms with Crippen LogP contribution in [0.2, 0.25) is 0 Å². The molecule has 4 heteroatoms. The van der Waals surface area contributed by atoms with Gasteiger partial charge in [0.05, 0.1) is 0 Å². The lowest BCUT2D eigenvalue weighted by Crippen LogP contribution is -2.02. The lowest BCUT2D eigenvalue weighted by atomic mass is 10.1. The van der Waals surface area contributed by atoms with E-state index in [-0.39, 0.29) is 5.12 Å². The van der Waals surface area contributed by atoms with Gasteiger partial charge in [-0.15, -0.1) is 0 Å². The van der Waals surface area contributed by atoms with Gasteiger partial charge in [0.25, 0.3) is 0 Å². The molecule has 0 amide bonds. The molecule has 70 valence electrons. The van der Waals surface area contributed by atoms with Crippen molar-refractivity contribution in [2.75, 3.05) is 17.7 Å². The van der Waals surface area contributed by atoms with E-state index in [0.29, 0.717) is 16.9 Å². The topological polar surface area (TPSA) is 69.1 Å². The number of thioether (sulfide) groups is 1. The van der Waals surface area contributed by atoms with E-state index in [9.17, 15) is 4.79 Å². The van der Waals surface area contributed by atoms with Crippen molar-refractivity contribution in [1.82, 2.24) is 0 Å². The highest BCUT2D eigenvalue weighted by molar-refractivity contribution is 8.13. The second-order valence-electron chi connectivity index (χ2n) is 2.77. The molecule has 0 spiro atoms. The van der Waals surface area contributed by atoms with Gasteiger partial charge in [0, 0.05) is 16.9 Å². The number of carbonyl (C=O) groups is 1. The van der Waals surface area contributed by atoms with E-state index in [1.807, 2.05) is 6.92 Å². The van der Waals surface area contributed by atoms with Crippen LogP contribution in [0.25, 0.3) is 0 Å². The third-order valence-electron chi connectivity index (χ3n) is 1.88. The summed E-state index contributed by atoms with van der Waals surface area (Å²) >= 11 is 1.16. The largest absolute Gasteiger partial charge is 0.399 e. The number of anilines is 2. The summed E-state index contributed by atoms with van der Waals surface area (Å²) < 4.78 is 0. The van der Waals surface area contributed by atoms with Crippen LogP contribution >= 0.6 is 11.8 Å². The zero-order chi connectivity index (χ0) is 10.0. The minimum absolute atomic E-state index is 0.00324. The molecule has 3 nitrogen and oxygen atoms in total. The van der Waals surface area contributed by atoms with Crippen LogP contribution in [-0.2, 0) is 0 Å². The smallest absolute Gasteiger partial charge is 0.219 e. The molecular weight excluding hydrogens is 184 g/mol. The van der Waals surface area contributed by atoms with Gasteiger partial charge in [-0.3, -0.25) is 4.79 Å². The molecule has 0 heterocycles. The van der Waals surface area contributed by atoms with Crippen LogP contribution in [0.15, 0.2) is 12.1 Å². The molecule has 0 saturated carbocycles. The minimum atomic E-state index is -0.00324. The molecule has 4 N–H and O–H groups in total. The average Bonchev–Trinajstić information content (AvgIpc) is 2.10. The van der Waals surface area contributed by atoms with Gasteiger partial charge in [-0.1, -0.05) is 11.8 Å². The second kappa shape index (κ2) is 3.70. The zero-order valence-corrected chi connectivity index (χ0v) is 8.44. The lowest BCUT2D eigenvalue weighted by Gasteiger charge is -2.07. The molecule has 1 rings (SSSR count). The Morgan fingerprint density at radius 3 is 2.54 bits per heavy atom. The number of nitrogen functional groups attached to an aromatic ring is 2. The molecule has 0 atom stereocenters. The fraction of sp³-hybridized carbons (Fsp3) is 0.222. The summed E-state index contributed by atoms with van der Waals surface area (Å²) in [7, 11) is 0. The lowest BCUT2D eigenvalue weighted by molar-refractivity contribution is 0.108. The summed E-state index contributed by atoms with van der Waals surface area (Å²) in [5.41, 5.74) is 13.7. The summed E-state index contributed by atoms with van der Waals surface area (Å²) in [6.07, 6.45) is 1.74. The van der Waals surface area contributed by atoms with Crippen molar-refractivity contribution in [3.05, 3.63) is 23.3 Å². The summed E-state index contributed by atoms with van der Waals surface area (Å²) in [5, 5.41) is -0.00324. The predicted molar refractivity (Wildman–Crippen MR) is 57.8 cm³/mol. The Hall–Kier alpha value is -1.16. The van der Waals surface area contributed by atoms with E-state index in [1.54, 1.807) is 18.4 Å². The van der Waals surface area contributed by atoms with E-state index in [2.05, 4.69) is 0 Å². The summed E-state index contributed by atoms with van der Waals surface area (Å²) in [6.45, 7) is 1.82. The predicted octanol–water partition coefficient (Wildman–Crippen LogP) is 1.66. The van der Waals surface area contributed by atoms with Crippen molar-refractivity contribution in [2.45, 2.75) is 6.92 Å². The molecule has 0 unspecified atom stereocenters. The van der Waals surface area contributed by atoms with Crippen LogP contribution < -0.4 is 11.5 Å². The molecule has 0 aliphatic carbocycles. The van der Waals surface area contributed by atoms with Gasteiger partial charge in [0.1, 0.15) is 0 Å². The molecule has 0 aliphatic heterocycles. The summed E-state index contributed by atoms with van der Waals surface area (Å²) in [6, 6.07) is 3.32. The molecule has 0 radical (unpaired) electrons. The maximum absolute atomic E-state index is 11.4. The first-order valence-electron chi connectivity index (χ1n) is 3.80. The molecule has 1 aromatic carbocycles. The van der Waals surface area contributed by atoms with E-state index in [0.717, 1.165) is 17.3 Å². The molecule has 1 aromatic rings. The maximum Gasteiger partial charge on any atom is 0.219 e. The molecule has 0 aromatic heterocycles. The van der Waals surface area contributed by atoms with Gasteiger partial charge < -0.3 is 11.5 Å². The monoisotopic (exact) mass is 196 g/mol. The number of carbonyl (C=O) groups excluding carboxylic acids is 1. The number of hydrogen-bond acceptors (Lipinski definition) is 4. The Labute approximate surface area is 81.5 Å². The van der Waals surface area contributed by atoms with Gasteiger partial charge in [0.2, 0.25) is 5.12 Å². The normalized spacial score (nSPS) is 10.0. The van der Waals surface area contributed by atoms with Crippen LogP contribution in [0.4, 0.5) is 11.4 Å². The fourth-order valence-corrected chi connectivity index (χ4v) is 1.51. The van der Waals surface area contributed by atoms with Gasteiger partial charge in [-0.25, -0.2) is 0 Å². The van der Waals surface area contributed by atoms with Crippen molar-refractivity contribution >= 4 is 28.3 Å². The van der Waals surface area contributed by atoms with Gasteiger partial charge >= 0.3 is 0 Å². The third-order valence-corrected chi connectivity index (χ3v) is 2.47. The van der Waals surface area contributed by atoms with Crippen LogP contribution in [0, 0.1) is 6.92 Å². The molecule has 0 bridgehead atoms. The highest BCUT2D eigenvalue weighted by Gasteiger charge is 2.10. The molecular formula is C9H12N2OS. The van der Waals surface area contributed by atoms with Crippen LogP contribution in [0.1, 0.15) is 15.9 Å². The van der Waals surface area contributed by atoms with E-state index in [1.165, 1.54) is 0 Å². The van der Waals surface area contributed by atoms with Crippen LogP contribution in [0.5, 0.6) is 0 Å². The van der Waals surface area contributed by atoms with E-state index >= 15 is 0 Å². The number of rotatable bonds is 1. The zero-order valence-electron chi connectivity index (χ0n) is 7.63. The first kappa shape index (κ1) is 9.92. The number of nitrogens with two attached hydrogens (primary N) is 2. The van der Waals surface area contributed by atoms with E-state index in [4.69, 9.17) is 11.5 Å². The first-order valence-corrected chi connectivity index (χ1v) is 5.02. The van der Waals surface area contributed by atoms with Crippen LogP contribution in [-0.4, -0.2) is 11.4 Å². The minimum Gasteiger partial charge on any atom is -0.399 e. The van der Waals surface area contributed by atoms with Crippen molar-refractivity contribution in [3.8, 4) is 0 Å². The van der Waals surface area contributed by atoms with Crippen molar-refractivity contribution in [1.29, 1.82) is 0 Å². The fourth-order valence-electron chi connectivity index (χ4n) is 1.08. The van der Waals surface area contributed by atoms with E-state index < -0.39 is 0 Å². The maximum atomic E-state index is 11.4. The Balaban J connectivity index is 3.28.